The SMILES string of the molecule is Cc1ccc(SC#CC#CCCCCOC2CCCCO2)cc1. The third-order valence-corrected chi connectivity index (χ3v) is 4.24. The minimum absolute atomic E-state index is 0.0273. The van der Waals surface area contributed by atoms with Crippen molar-refractivity contribution in [2.75, 3.05) is 13.2 Å². The molecule has 0 amide bonds. The van der Waals surface area contributed by atoms with Crippen LogP contribution in [0.15, 0.2) is 29.2 Å². The summed E-state index contributed by atoms with van der Waals surface area (Å²) in [7, 11) is 0. The van der Waals surface area contributed by atoms with Gasteiger partial charge < -0.3 is 9.47 Å². The Labute approximate surface area is 144 Å². The maximum atomic E-state index is 5.68. The zero-order chi connectivity index (χ0) is 16.2. The monoisotopic (exact) mass is 328 g/mol. The predicted octanol–water partition coefficient (Wildman–Crippen LogP) is 4.76. The first-order valence-corrected chi connectivity index (χ1v) is 9.11. The molecular weight excluding hydrogens is 304 g/mol. The van der Waals surface area contributed by atoms with E-state index in [1.807, 2.05) is 0 Å². The normalized spacial score (nSPS) is 16.8. The van der Waals surface area contributed by atoms with Crippen molar-refractivity contribution in [3.8, 4) is 23.0 Å². The molecule has 1 heterocycles. The molecule has 1 aliphatic rings. The van der Waals surface area contributed by atoms with Gasteiger partial charge in [-0.05, 0) is 80.0 Å². The average Bonchev–Trinajstić information content (AvgIpc) is 2.59. The average molecular weight is 328 g/mol. The lowest BCUT2D eigenvalue weighted by atomic mass is 10.2. The first-order chi connectivity index (χ1) is 11.3. The number of hydrogen-bond acceptors (Lipinski definition) is 3. The molecule has 1 saturated heterocycles. The Morgan fingerprint density at radius 2 is 2.04 bits per heavy atom. The van der Waals surface area contributed by atoms with Gasteiger partial charge >= 0.3 is 0 Å². The summed E-state index contributed by atoms with van der Waals surface area (Å²) in [5.74, 6) is 8.90. The molecule has 1 atom stereocenters. The van der Waals surface area contributed by atoms with E-state index in [2.05, 4.69) is 54.2 Å². The van der Waals surface area contributed by atoms with E-state index in [1.54, 1.807) is 0 Å². The van der Waals surface area contributed by atoms with E-state index in [9.17, 15) is 0 Å². The van der Waals surface area contributed by atoms with Crippen LogP contribution >= 0.6 is 11.8 Å². The van der Waals surface area contributed by atoms with Crippen molar-refractivity contribution in [1.29, 1.82) is 0 Å². The van der Waals surface area contributed by atoms with Crippen molar-refractivity contribution in [3.05, 3.63) is 29.8 Å². The fourth-order valence-corrected chi connectivity index (χ4v) is 2.69. The number of ether oxygens (including phenoxy) is 2. The molecule has 0 spiro atoms. The lowest BCUT2D eigenvalue weighted by Crippen LogP contribution is -2.22. The van der Waals surface area contributed by atoms with Crippen LogP contribution in [0.1, 0.15) is 44.1 Å². The van der Waals surface area contributed by atoms with Gasteiger partial charge in [-0.1, -0.05) is 23.6 Å². The highest BCUT2D eigenvalue weighted by molar-refractivity contribution is 8.03. The van der Waals surface area contributed by atoms with Gasteiger partial charge in [0.1, 0.15) is 0 Å². The predicted molar refractivity (Wildman–Crippen MR) is 96.0 cm³/mol. The summed E-state index contributed by atoms with van der Waals surface area (Å²) in [5, 5.41) is 3.02. The van der Waals surface area contributed by atoms with Gasteiger partial charge in [0.25, 0.3) is 0 Å². The van der Waals surface area contributed by atoms with Crippen molar-refractivity contribution in [3.63, 3.8) is 0 Å². The fraction of sp³-hybridized carbons (Fsp3) is 0.500. The topological polar surface area (TPSA) is 18.5 Å². The second-order valence-electron chi connectivity index (χ2n) is 5.57. The zero-order valence-electron chi connectivity index (χ0n) is 13.8. The van der Waals surface area contributed by atoms with Gasteiger partial charge in [-0.15, -0.1) is 0 Å². The molecule has 1 unspecified atom stereocenters. The number of hydrogen-bond donors (Lipinski definition) is 0. The fourth-order valence-electron chi connectivity index (χ4n) is 2.20. The van der Waals surface area contributed by atoms with E-state index in [-0.39, 0.29) is 6.29 Å². The molecule has 23 heavy (non-hydrogen) atoms. The quantitative estimate of drug-likeness (QED) is 0.426. The van der Waals surface area contributed by atoms with Crippen LogP contribution in [0.25, 0.3) is 0 Å². The summed E-state index contributed by atoms with van der Waals surface area (Å²) >= 11 is 1.52. The van der Waals surface area contributed by atoms with Gasteiger partial charge in [0, 0.05) is 24.5 Å². The van der Waals surface area contributed by atoms with E-state index < -0.39 is 0 Å². The second kappa shape index (κ2) is 11.2. The van der Waals surface area contributed by atoms with Crippen molar-refractivity contribution in [1.82, 2.24) is 0 Å². The number of benzene rings is 1. The van der Waals surface area contributed by atoms with Crippen LogP contribution < -0.4 is 0 Å². The molecule has 0 bridgehead atoms. The minimum atomic E-state index is 0.0273. The lowest BCUT2D eigenvalue weighted by Gasteiger charge is -2.22. The Hall–Kier alpha value is -1.39. The Morgan fingerprint density at radius 1 is 1.17 bits per heavy atom. The zero-order valence-corrected chi connectivity index (χ0v) is 14.6. The summed E-state index contributed by atoms with van der Waals surface area (Å²) < 4.78 is 11.2. The van der Waals surface area contributed by atoms with E-state index in [4.69, 9.17) is 9.47 Å². The smallest absolute Gasteiger partial charge is 0.157 e. The molecule has 0 aliphatic carbocycles. The van der Waals surface area contributed by atoms with E-state index >= 15 is 0 Å². The molecule has 0 radical (unpaired) electrons. The molecule has 0 saturated carbocycles. The number of aryl methyl sites for hydroxylation is 1. The van der Waals surface area contributed by atoms with Gasteiger partial charge in [-0.25, -0.2) is 0 Å². The second-order valence-corrected chi connectivity index (χ2v) is 6.45. The minimum Gasteiger partial charge on any atom is -0.353 e. The van der Waals surface area contributed by atoms with Gasteiger partial charge in [0.05, 0.1) is 0 Å². The Balaban J connectivity index is 1.51. The molecule has 0 N–H and O–H groups in total. The number of thioether (sulfide) groups is 1. The molecule has 0 aromatic heterocycles. The van der Waals surface area contributed by atoms with E-state index in [0.29, 0.717) is 0 Å². The van der Waals surface area contributed by atoms with Crippen LogP contribution in [-0.2, 0) is 9.47 Å². The van der Waals surface area contributed by atoms with Crippen molar-refractivity contribution in [2.45, 2.75) is 56.6 Å². The van der Waals surface area contributed by atoms with E-state index in [1.165, 1.54) is 30.2 Å². The van der Waals surface area contributed by atoms with Crippen molar-refractivity contribution >= 4 is 11.8 Å². The Kier molecular flexibility index (Phi) is 8.74. The molecule has 2 nitrogen and oxygen atoms in total. The van der Waals surface area contributed by atoms with Crippen LogP contribution in [0.3, 0.4) is 0 Å². The summed E-state index contributed by atoms with van der Waals surface area (Å²) in [6.45, 7) is 3.69. The van der Waals surface area contributed by atoms with E-state index in [0.717, 1.165) is 43.8 Å². The van der Waals surface area contributed by atoms with Gasteiger partial charge in [0.2, 0.25) is 0 Å². The highest BCUT2D eigenvalue weighted by atomic mass is 32.2. The molecular formula is C20H24O2S. The molecule has 2 rings (SSSR count). The van der Waals surface area contributed by atoms with Crippen LogP contribution in [0, 0.1) is 29.9 Å². The largest absolute Gasteiger partial charge is 0.353 e. The number of rotatable bonds is 6. The molecule has 1 fully saturated rings. The molecule has 1 aromatic rings. The van der Waals surface area contributed by atoms with Crippen LogP contribution in [-0.4, -0.2) is 19.5 Å². The maximum absolute atomic E-state index is 5.68. The maximum Gasteiger partial charge on any atom is 0.157 e. The standard InChI is InChI=1S/C20H24O2S/c1-18-11-13-19(14-12-18)23-17-9-5-3-2-4-7-15-21-20-10-6-8-16-22-20/h11-14,20H,2,4,6-8,10,15-16H2,1H3. The van der Waals surface area contributed by atoms with Gasteiger partial charge in [-0.3, -0.25) is 0 Å². The highest BCUT2D eigenvalue weighted by Gasteiger charge is 2.12. The Bertz CT molecular complexity index is 566. The Morgan fingerprint density at radius 3 is 2.83 bits per heavy atom. The summed E-state index contributed by atoms with van der Waals surface area (Å²) in [4.78, 5) is 1.16. The summed E-state index contributed by atoms with van der Waals surface area (Å²) in [5.41, 5.74) is 1.26. The summed E-state index contributed by atoms with van der Waals surface area (Å²) in [6, 6.07) is 8.35. The molecule has 122 valence electrons. The summed E-state index contributed by atoms with van der Waals surface area (Å²) in [6.07, 6.45) is 6.40. The first-order valence-electron chi connectivity index (χ1n) is 8.29. The van der Waals surface area contributed by atoms with Crippen molar-refractivity contribution in [2.24, 2.45) is 0 Å². The van der Waals surface area contributed by atoms with Crippen molar-refractivity contribution < 1.29 is 9.47 Å². The van der Waals surface area contributed by atoms with Crippen LogP contribution in [0.5, 0.6) is 0 Å². The highest BCUT2D eigenvalue weighted by Crippen LogP contribution is 2.16. The molecule has 1 aromatic carbocycles. The third kappa shape index (κ3) is 8.14. The van der Waals surface area contributed by atoms with Crippen LogP contribution in [0.4, 0.5) is 0 Å². The van der Waals surface area contributed by atoms with Gasteiger partial charge in [-0.2, -0.15) is 0 Å². The number of unbranched alkanes of at least 4 members (excludes halogenated alkanes) is 2. The lowest BCUT2D eigenvalue weighted by molar-refractivity contribution is -0.162. The molecule has 1 aliphatic heterocycles. The van der Waals surface area contributed by atoms with Crippen LogP contribution in [0.2, 0.25) is 0 Å². The van der Waals surface area contributed by atoms with Gasteiger partial charge in [0.15, 0.2) is 6.29 Å². The third-order valence-electron chi connectivity index (χ3n) is 3.53. The molecule has 3 heteroatoms. The first kappa shape index (κ1) is 18.0.